The van der Waals surface area contributed by atoms with Crippen LogP contribution in [0.1, 0.15) is 12.5 Å². The van der Waals surface area contributed by atoms with Gasteiger partial charge in [0, 0.05) is 10.5 Å². The maximum atomic E-state index is 13.4. The first kappa shape index (κ1) is 25.3. The summed E-state index contributed by atoms with van der Waals surface area (Å²) in [4.78, 5) is 12.8. The van der Waals surface area contributed by atoms with Gasteiger partial charge in [-0.3, -0.25) is 9.10 Å². The van der Waals surface area contributed by atoms with Crippen LogP contribution in [0.25, 0.3) is 0 Å². The third kappa shape index (κ3) is 5.95. The van der Waals surface area contributed by atoms with Gasteiger partial charge in [0.05, 0.1) is 30.5 Å². The molecule has 0 radical (unpaired) electrons. The molecule has 0 unspecified atom stereocenters. The van der Waals surface area contributed by atoms with Crippen LogP contribution in [0.3, 0.4) is 0 Å². The summed E-state index contributed by atoms with van der Waals surface area (Å²) in [7, 11) is -1.14. The third-order valence-corrected chi connectivity index (χ3v) is 7.20. The van der Waals surface area contributed by atoms with Gasteiger partial charge in [-0.1, -0.05) is 46.3 Å². The number of amides is 1. The van der Waals surface area contributed by atoms with Gasteiger partial charge in [0.15, 0.2) is 11.5 Å². The van der Waals surface area contributed by atoms with Crippen LogP contribution >= 0.6 is 15.9 Å². The Morgan fingerprint density at radius 2 is 1.62 bits per heavy atom. The van der Waals surface area contributed by atoms with Crippen LogP contribution in [0.5, 0.6) is 11.5 Å². The lowest BCUT2D eigenvalue weighted by atomic mass is 10.1. The van der Waals surface area contributed by atoms with E-state index in [1.54, 1.807) is 37.3 Å². The third-order valence-electron chi connectivity index (χ3n) is 4.88. The standard InChI is InChI=1S/C24H24BrN3O5S/c1-17(18-9-11-19(25)12-10-18)26-27-24(29)16-28(34(30,31)21-7-5-4-6-8-21)20-13-14-22(32-2)23(15-20)33-3/h4-15H,16H2,1-3H3,(H,27,29)/b26-17-. The molecule has 0 saturated carbocycles. The summed E-state index contributed by atoms with van der Waals surface area (Å²) < 4.78 is 39.4. The SMILES string of the molecule is COc1ccc(N(CC(=O)N/N=C(/C)c2ccc(Br)cc2)S(=O)(=O)c2ccccc2)cc1OC. The molecule has 0 bridgehead atoms. The molecule has 3 rings (SSSR count). The topological polar surface area (TPSA) is 97.3 Å². The predicted octanol–water partition coefficient (Wildman–Crippen LogP) is 4.20. The summed E-state index contributed by atoms with van der Waals surface area (Å²) >= 11 is 3.37. The molecule has 0 saturated heterocycles. The number of hydrogen-bond acceptors (Lipinski definition) is 6. The van der Waals surface area contributed by atoms with Crippen molar-refractivity contribution in [1.29, 1.82) is 0 Å². The van der Waals surface area contributed by atoms with Crippen molar-refractivity contribution in [3.8, 4) is 11.5 Å². The number of carbonyl (C=O) groups is 1. The second kappa shape index (κ2) is 11.2. The number of sulfonamides is 1. The summed E-state index contributed by atoms with van der Waals surface area (Å²) in [6, 6.07) is 19.9. The second-order valence-electron chi connectivity index (χ2n) is 7.10. The van der Waals surface area contributed by atoms with E-state index in [1.807, 2.05) is 24.3 Å². The molecule has 0 fully saturated rings. The average molecular weight is 546 g/mol. The molecule has 178 valence electrons. The quantitative estimate of drug-likeness (QED) is 0.321. The minimum atomic E-state index is -4.07. The van der Waals surface area contributed by atoms with Crippen molar-refractivity contribution in [2.24, 2.45) is 5.10 Å². The molecule has 1 amide bonds. The summed E-state index contributed by atoms with van der Waals surface area (Å²) in [6.07, 6.45) is 0. The number of carbonyl (C=O) groups excluding carboxylic acids is 1. The van der Waals surface area contributed by atoms with Crippen molar-refractivity contribution >= 4 is 43.3 Å². The molecule has 3 aromatic rings. The van der Waals surface area contributed by atoms with Crippen LogP contribution in [0.2, 0.25) is 0 Å². The highest BCUT2D eigenvalue weighted by atomic mass is 79.9. The first-order chi connectivity index (χ1) is 16.3. The monoisotopic (exact) mass is 545 g/mol. The smallest absolute Gasteiger partial charge is 0.264 e. The maximum Gasteiger partial charge on any atom is 0.264 e. The molecule has 0 heterocycles. The molecule has 0 spiro atoms. The number of rotatable bonds is 9. The van der Waals surface area contributed by atoms with Crippen molar-refractivity contribution in [2.45, 2.75) is 11.8 Å². The van der Waals surface area contributed by atoms with Crippen molar-refractivity contribution in [1.82, 2.24) is 5.43 Å². The molecule has 34 heavy (non-hydrogen) atoms. The van der Waals surface area contributed by atoms with E-state index in [2.05, 4.69) is 26.5 Å². The number of anilines is 1. The lowest BCUT2D eigenvalue weighted by molar-refractivity contribution is -0.119. The first-order valence-electron chi connectivity index (χ1n) is 10.1. The molecule has 8 nitrogen and oxygen atoms in total. The van der Waals surface area contributed by atoms with Gasteiger partial charge in [-0.25, -0.2) is 13.8 Å². The van der Waals surface area contributed by atoms with Crippen LogP contribution in [0, 0.1) is 0 Å². The van der Waals surface area contributed by atoms with E-state index < -0.39 is 22.5 Å². The van der Waals surface area contributed by atoms with Crippen LogP contribution in [-0.2, 0) is 14.8 Å². The van der Waals surface area contributed by atoms with Crippen LogP contribution in [0.15, 0.2) is 87.3 Å². The van der Waals surface area contributed by atoms with Gasteiger partial charge in [-0.05, 0) is 48.9 Å². The molecule has 0 aliphatic rings. The highest BCUT2D eigenvalue weighted by molar-refractivity contribution is 9.10. The zero-order chi connectivity index (χ0) is 24.7. The van der Waals surface area contributed by atoms with Crippen molar-refractivity contribution < 1.29 is 22.7 Å². The largest absolute Gasteiger partial charge is 0.493 e. The minimum absolute atomic E-state index is 0.0483. The highest BCUT2D eigenvalue weighted by Crippen LogP contribution is 2.33. The number of nitrogens with one attached hydrogen (secondary N) is 1. The van der Waals surface area contributed by atoms with E-state index >= 15 is 0 Å². The Labute approximate surface area is 207 Å². The Bertz CT molecular complexity index is 1280. The van der Waals surface area contributed by atoms with Gasteiger partial charge in [0.1, 0.15) is 6.54 Å². The summed E-state index contributed by atoms with van der Waals surface area (Å²) in [5.74, 6) is 0.158. The molecule has 3 aromatic carbocycles. The zero-order valence-corrected chi connectivity index (χ0v) is 21.3. The first-order valence-corrected chi connectivity index (χ1v) is 12.4. The van der Waals surface area contributed by atoms with Gasteiger partial charge in [-0.15, -0.1) is 0 Å². The second-order valence-corrected chi connectivity index (χ2v) is 9.88. The number of ether oxygens (including phenoxy) is 2. The van der Waals surface area contributed by atoms with E-state index in [9.17, 15) is 13.2 Å². The van der Waals surface area contributed by atoms with Crippen LogP contribution < -0.4 is 19.2 Å². The van der Waals surface area contributed by atoms with Gasteiger partial charge in [-0.2, -0.15) is 5.10 Å². The fraction of sp³-hybridized carbons (Fsp3) is 0.167. The Balaban J connectivity index is 1.92. The number of hydrazone groups is 1. The molecular weight excluding hydrogens is 522 g/mol. The number of benzene rings is 3. The minimum Gasteiger partial charge on any atom is -0.493 e. The Kier molecular flexibility index (Phi) is 8.30. The van der Waals surface area contributed by atoms with Gasteiger partial charge >= 0.3 is 0 Å². The molecule has 0 aliphatic heterocycles. The Morgan fingerprint density at radius 1 is 0.971 bits per heavy atom. The molecule has 0 aromatic heterocycles. The van der Waals surface area contributed by atoms with E-state index in [0.717, 1.165) is 14.3 Å². The van der Waals surface area contributed by atoms with Gasteiger partial charge in [0.25, 0.3) is 15.9 Å². The van der Waals surface area contributed by atoms with Crippen LogP contribution in [-0.4, -0.2) is 40.8 Å². The van der Waals surface area contributed by atoms with Crippen molar-refractivity contribution in [3.05, 3.63) is 82.8 Å². The summed E-state index contributed by atoms with van der Waals surface area (Å²) in [6.45, 7) is 1.25. The van der Waals surface area contributed by atoms with Gasteiger partial charge < -0.3 is 9.47 Å². The Morgan fingerprint density at radius 3 is 2.24 bits per heavy atom. The van der Waals surface area contributed by atoms with E-state index in [4.69, 9.17) is 9.47 Å². The van der Waals surface area contributed by atoms with Crippen LogP contribution in [0.4, 0.5) is 5.69 Å². The molecular formula is C24H24BrN3O5S. The number of halogens is 1. The van der Waals surface area contributed by atoms with E-state index in [-0.39, 0.29) is 10.6 Å². The normalized spacial score (nSPS) is 11.6. The van der Waals surface area contributed by atoms with Crippen molar-refractivity contribution in [3.63, 3.8) is 0 Å². The lowest BCUT2D eigenvalue weighted by Crippen LogP contribution is -2.39. The molecule has 0 atom stereocenters. The number of nitrogens with zero attached hydrogens (tertiary/aromatic N) is 2. The number of hydrogen-bond donors (Lipinski definition) is 1. The van der Waals surface area contributed by atoms with E-state index in [1.165, 1.54) is 32.4 Å². The summed E-state index contributed by atoms with van der Waals surface area (Å²) in [5.41, 5.74) is 4.08. The fourth-order valence-corrected chi connectivity index (χ4v) is 4.78. The molecule has 1 N–H and O–H groups in total. The fourth-order valence-electron chi connectivity index (χ4n) is 3.08. The Hall–Kier alpha value is -3.37. The summed E-state index contributed by atoms with van der Waals surface area (Å²) in [5, 5.41) is 4.12. The zero-order valence-electron chi connectivity index (χ0n) is 18.9. The predicted molar refractivity (Wildman–Crippen MR) is 135 cm³/mol. The number of methoxy groups -OCH3 is 2. The van der Waals surface area contributed by atoms with Gasteiger partial charge in [0.2, 0.25) is 0 Å². The lowest BCUT2D eigenvalue weighted by Gasteiger charge is -2.24. The molecule has 10 heteroatoms. The molecule has 0 aliphatic carbocycles. The van der Waals surface area contributed by atoms with E-state index in [0.29, 0.717) is 17.2 Å². The highest BCUT2D eigenvalue weighted by Gasteiger charge is 2.28. The average Bonchev–Trinajstić information content (AvgIpc) is 2.86. The van der Waals surface area contributed by atoms with Crippen molar-refractivity contribution in [2.75, 3.05) is 25.1 Å². The maximum absolute atomic E-state index is 13.4.